The van der Waals surface area contributed by atoms with Gasteiger partial charge in [-0.05, 0) is 24.0 Å². The highest BCUT2D eigenvalue weighted by Gasteiger charge is 2.46. The van der Waals surface area contributed by atoms with Crippen LogP contribution in [0.3, 0.4) is 0 Å². The fourth-order valence-corrected chi connectivity index (χ4v) is 2.27. The Hall–Kier alpha value is -1.36. The molecule has 0 radical (unpaired) electrons. The lowest BCUT2D eigenvalue weighted by Crippen LogP contribution is -2.27. The maximum Gasteiger partial charge on any atom is 0.345 e. The number of amides is 1. The second-order valence-electron chi connectivity index (χ2n) is 4.69. The van der Waals surface area contributed by atoms with Gasteiger partial charge in [-0.15, -0.1) is 11.3 Å². The topological polar surface area (TPSA) is 66.4 Å². The predicted molar refractivity (Wildman–Crippen MR) is 60.9 cm³/mol. The first kappa shape index (κ1) is 11.1. The van der Waals surface area contributed by atoms with E-state index in [-0.39, 0.29) is 22.2 Å². The van der Waals surface area contributed by atoms with Gasteiger partial charge in [0.1, 0.15) is 4.88 Å². The summed E-state index contributed by atoms with van der Waals surface area (Å²) in [6.45, 7) is 4.18. The number of carbonyl (C=O) groups excluding carboxylic acids is 1. The molecule has 16 heavy (non-hydrogen) atoms. The van der Waals surface area contributed by atoms with Gasteiger partial charge >= 0.3 is 5.97 Å². The molecule has 1 amide bonds. The third-order valence-electron chi connectivity index (χ3n) is 2.86. The van der Waals surface area contributed by atoms with Gasteiger partial charge in [-0.1, -0.05) is 13.8 Å². The van der Waals surface area contributed by atoms with E-state index in [1.807, 2.05) is 0 Å². The molecule has 1 aliphatic rings. The molecule has 1 aliphatic carbocycles. The van der Waals surface area contributed by atoms with Crippen LogP contribution in [0.25, 0.3) is 0 Å². The summed E-state index contributed by atoms with van der Waals surface area (Å²) in [5.41, 5.74) is 0.183. The fourth-order valence-electron chi connectivity index (χ4n) is 1.52. The molecule has 1 unspecified atom stereocenters. The molecular formula is C11H13NO3S. The Morgan fingerprint density at radius 2 is 2.00 bits per heavy atom. The molecular weight excluding hydrogens is 226 g/mol. The number of hydrogen-bond donors (Lipinski definition) is 2. The van der Waals surface area contributed by atoms with Crippen LogP contribution >= 0.6 is 11.3 Å². The van der Waals surface area contributed by atoms with Crippen LogP contribution < -0.4 is 5.32 Å². The fraction of sp³-hybridized carbons (Fsp3) is 0.455. The van der Waals surface area contributed by atoms with Crippen molar-refractivity contribution in [2.24, 2.45) is 5.41 Å². The van der Waals surface area contributed by atoms with Gasteiger partial charge in [0.25, 0.3) is 5.91 Å². The highest BCUT2D eigenvalue weighted by Crippen LogP contribution is 2.44. The molecule has 1 aromatic rings. The summed E-state index contributed by atoms with van der Waals surface area (Å²) in [6.07, 6.45) is 0.982. The quantitative estimate of drug-likeness (QED) is 0.847. The van der Waals surface area contributed by atoms with Gasteiger partial charge in [-0.3, -0.25) is 4.79 Å². The van der Waals surface area contributed by atoms with Crippen molar-refractivity contribution in [1.29, 1.82) is 0 Å². The monoisotopic (exact) mass is 239 g/mol. The van der Waals surface area contributed by atoms with Gasteiger partial charge in [0.05, 0.1) is 4.88 Å². The Morgan fingerprint density at radius 1 is 1.44 bits per heavy atom. The zero-order chi connectivity index (χ0) is 11.9. The first-order valence-electron chi connectivity index (χ1n) is 5.04. The van der Waals surface area contributed by atoms with E-state index in [0.717, 1.165) is 17.8 Å². The van der Waals surface area contributed by atoms with Crippen LogP contribution in [0.15, 0.2) is 12.1 Å². The number of thiophene rings is 1. The van der Waals surface area contributed by atoms with E-state index in [1.165, 1.54) is 6.07 Å². The average Bonchev–Trinajstić information content (AvgIpc) is 2.68. The van der Waals surface area contributed by atoms with E-state index in [0.29, 0.717) is 4.88 Å². The van der Waals surface area contributed by atoms with Crippen molar-refractivity contribution in [1.82, 2.24) is 5.32 Å². The number of carbonyl (C=O) groups is 2. The van der Waals surface area contributed by atoms with Crippen LogP contribution in [-0.2, 0) is 0 Å². The van der Waals surface area contributed by atoms with Crippen molar-refractivity contribution >= 4 is 23.2 Å². The zero-order valence-corrected chi connectivity index (χ0v) is 9.93. The largest absolute Gasteiger partial charge is 0.477 e. The van der Waals surface area contributed by atoms with Crippen LogP contribution in [0.4, 0.5) is 0 Å². The maximum absolute atomic E-state index is 11.7. The van der Waals surface area contributed by atoms with Crippen LogP contribution in [0.2, 0.25) is 0 Å². The molecule has 1 saturated carbocycles. The van der Waals surface area contributed by atoms with Crippen LogP contribution in [0.5, 0.6) is 0 Å². The Labute approximate surface area is 97.3 Å². The van der Waals surface area contributed by atoms with E-state index >= 15 is 0 Å². The molecule has 86 valence electrons. The normalized spacial score (nSPS) is 21.5. The number of rotatable bonds is 3. The van der Waals surface area contributed by atoms with E-state index in [9.17, 15) is 9.59 Å². The number of aromatic carboxylic acids is 1. The summed E-state index contributed by atoms with van der Waals surface area (Å²) in [4.78, 5) is 23.0. The van der Waals surface area contributed by atoms with E-state index in [2.05, 4.69) is 19.2 Å². The molecule has 0 aliphatic heterocycles. The van der Waals surface area contributed by atoms with Gasteiger partial charge in [-0.25, -0.2) is 4.79 Å². The summed E-state index contributed by atoms with van der Waals surface area (Å²) in [5.74, 6) is -1.16. The second kappa shape index (κ2) is 3.59. The predicted octanol–water partition coefficient (Wildman–Crippen LogP) is 1.97. The lowest BCUT2D eigenvalue weighted by molar-refractivity contribution is 0.0702. The van der Waals surface area contributed by atoms with Crippen molar-refractivity contribution in [2.75, 3.05) is 0 Å². The van der Waals surface area contributed by atoms with E-state index < -0.39 is 5.97 Å². The molecule has 4 nitrogen and oxygen atoms in total. The molecule has 0 bridgehead atoms. The average molecular weight is 239 g/mol. The molecule has 1 atom stereocenters. The third kappa shape index (κ3) is 2.09. The molecule has 0 saturated heterocycles. The van der Waals surface area contributed by atoms with Gasteiger partial charge in [0, 0.05) is 6.04 Å². The van der Waals surface area contributed by atoms with E-state index in [1.54, 1.807) is 6.07 Å². The lowest BCUT2D eigenvalue weighted by Gasteiger charge is -2.04. The van der Waals surface area contributed by atoms with E-state index in [4.69, 9.17) is 5.11 Å². The van der Waals surface area contributed by atoms with Crippen molar-refractivity contribution in [3.05, 3.63) is 21.9 Å². The third-order valence-corrected chi connectivity index (χ3v) is 3.93. The highest BCUT2D eigenvalue weighted by molar-refractivity contribution is 7.15. The molecule has 1 fully saturated rings. The Morgan fingerprint density at radius 3 is 2.44 bits per heavy atom. The van der Waals surface area contributed by atoms with Crippen molar-refractivity contribution < 1.29 is 14.7 Å². The molecule has 0 spiro atoms. The highest BCUT2D eigenvalue weighted by atomic mass is 32.1. The Kier molecular flexibility index (Phi) is 2.50. The summed E-state index contributed by atoms with van der Waals surface area (Å²) >= 11 is 1.01. The molecule has 2 rings (SSSR count). The van der Waals surface area contributed by atoms with Crippen LogP contribution in [-0.4, -0.2) is 23.0 Å². The standard InChI is InChI=1S/C11H13NO3S/c1-11(2)5-8(11)12-9(13)6-3-4-7(16-6)10(14)15/h3-4,8H,5H2,1-2H3,(H,12,13)(H,14,15). The van der Waals surface area contributed by atoms with Gasteiger partial charge < -0.3 is 10.4 Å². The molecule has 0 aromatic carbocycles. The smallest absolute Gasteiger partial charge is 0.345 e. The molecule has 2 N–H and O–H groups in total. The van der Waals surface area contributed by atoms with Gasteiger partial charge in [0.15, 0.2) is 0 Å². The maximum atomic E-state index is 11.7. The van der Waals surface area contributed by atoms with Crippen molar-refractivity contribution in [2.45, 2.75) is 26.3 Å². The minimum atomic E-state index is -0.990. The lowest BCUT2D eigenvalue weighted by atomic mass is 10.2. The summed E-state index contributed by atoms with van der Waals surface area (Å²) in [7, 11) is 0. The molecule has 1 aromatic heterocycles. The Bertz CT molecular complexity index is 450. The van der Waals surface area contributed by atoms with Crippen molar-refractivity contribution in [3.63, 3.8) is 0 Å². The van der Waals surface area contributed by atoms with Crippen LogP contribution in [0, 0.1) is 5.41 Å². The van der Waals surface area contributed by atoms with Gasteiger partial charge in [-0.2, -0.15) is 0 Å². The number of carboxylic acids is 1. The second-order valence-corrected chi connectivity index (χ2v) is 5.77. The van der Waals surface area contributed by atoms with Crippen molar-refractivity contribution in [3.8, 4) is 0 Å². The molecule has 1 heterocycles. The number of nitrogens with one attached hydrogen (secondary N) is 1. The Balaban J connectivity index is 2.01. The number of hydrogen-bond acceptors (Lipinski definition) is 3. The number of carboxylic acid groups (broad SMARTS) is 1. The minimum Gasteiger partial charge on any atom is -0.477 e. The summed E-state index contributed by atoms with van der Waals surface area (Å²) in [6, 6.07) is 3.23. The van der Waals surface area contributed by atoms with Gasteiger partial charge in [0.2, 0.25) is 0 Å². The molecule has 5 heteroatoms. The minimum absolute atomic E-state index is 0.173. The first-order chi connectivity index (χ1) is 7.40. The zero-order valence-electron chi connectivity index (χ0n) is 9.11. The first-order valence-corrected chi connectivity index (χ1v) is 5.86. The SMILES string of the molecule is CC1(C)CC1NC(=O)c1ccc(C(=O)O)s1. The summed E-state index contributed by atoms with van der Waals surface area (Å²) < 4.78 is 0. The summed E-state index contributed by atoms with van der Waals surface area (Å²) in [5, 5.41) is 11.6. The van der Waals surface area contributed by atoms with Crippen LogP contribution in [0.1, 0.15) is 39.6 Å².